The molecule has 120 valence electrons. The summed E-state index contributed by atoms with van der Waals surface area (Å²) in [6, 6.07) is 6.53. The van der Waals surface area contributed by atoms with Crippen LogP contribution in [0, 0.1) is 5.41 Å². The molecule has 2 aliphatic rings. The second-order valence-corrected chi connectivity index (χ2v) is 6.61. The van der Waals surface area contributed by atoms with E-state index in [9.17, 15) is 0 Å². The lowest BCUT2D eigenvalue weighted by molar-refractivity contribution is 0.129. The van der Waals surface area contributed by atoms with Crippen LogP contribution in [0.2, 0.25) is 0 Å². The molecular weight excluding hydrogens is 274 g/mol. The van der Waals surface area contributed by atoms with Gasteiger partial charge in [0.25, 0.3) is 0 Å². The van der Waals surface area contributed by atoms with E-state index in [1.165, 1.54) is 43.2 Å². The van der Waals surface area contributed by atoms with Crippen LogP contribution in [0.25, 0.3) is 0 Å². The van der Waals surface area contributed by atoms with Crippen LogP contribution in [-0.4, -0.2) is 25.7 Å². The molecule has 3 N–H and O–H groups in total. The third-order valence-corrected chi connectivity index (χ3v) is 4.89. The van der Waals surface area contributed by atoms with Gasteiger partial charge in [-0.1, -0.05) is 6.07 Å². The zero-order valence-corrected chi connectivity index (χ0v) is 13.5. The summed E-state index contributed by atoms with van der Waals surface area (Å²) in [6.45, 7) is 4.48. The molecule has 0 aliphatic heterocycles. The monoisotopic (exact) mass is 301 g/mol. The van der Waals surface area contributed by atoms with Crippen LogP contribution >= 0.6 is 0 Å². The minimum Gasteiger partial charge on any atom is -0.382 e. The maximum absolute atomic E-state index is 6.05. The topological polar surface area (TPSA) is 59.6 Å². The Morgan fingerprint density at radius 3 is 2.91 bits per heavy atom. The van der Waals surface area contributed by atoms with Crippen molar-refractivity contribution in [2.75, 3.05) is 25.1 Å². The first-order valence-electron chi connectivity index (χ1n) is 8.47. The van der Waals surface area contributed by atoms with Crippen molar-refractivity contribution >= 4 is 11.6 Å². The average Bonchev–Trinajstić information content (AvgIpc) is 3.13. The molecule has 1 saturated carbocycles. The van der Waals surface area contributed by atoms with Crippen molar-refractivity contribution in [2.24, 2.45) is 16.1 Å². The predicted molar refractivity (Wildman–Crippen MR) is 91.4 cm³/mol. The lowest BCUT2D eigenvalue weighted by Crippen LogP contribution is -2.24. The Labute approximate surface area is 133 Å². The third kappa shape index (κ3) is 3.80. The Hall–Kier alpha value is -1.55. The lowest BCUT2D eigenvalue weighted by Gasteiger charge is -2.13. The fraction of sp³-hybridized carbons (Fsp3) is 0.611. The van der Waals surface area contributed by atoms with Gasteiger partial charge in [0.05, 0.1) is 0 Å². The zero-order chi connectivity index (χ0) is 15.4. The molecule has 0 radical (unpaired) electrons. The van der Waals surface area contributed by atoms with E-state index in [2.05, 4.69) is 28.5 Å². The molecule has 0 aromatic heterocycles. The van der Waals surface area contributed by atoms with Gasteiger partial charge in [0.15, 0.2) is 5.96 Å². The maximum Gasteiger partial charge on any atom is 0.193 e. The highest BCUT2D eigenvalue weighted by atomic mass is 16.5. The van der Waals surface area contributed by atoms with E-state index in [0.29, 0.717) is 11.4 Å². The number of ether oxygens (including phenoxy) is 1. The molecular formula is C18H27N3O. The number of guanidine groups is 1. The van der Waals surface area contributed by atoms with Gasteiger partial charge in [-0.25, -0.2) is 0 Å². The van der Waals surface area contributed by atoms with Crippen LogP contribution in [-0.2, 0) is 17.6 Å². The summed E-state index contributed by atoms with van der Waals surface area (Å²) in [5, 5.41) is 3.24. The number of nitrogens with two attached hydrogens (primary N) is 1. The minimum atomic E-state index is 0.347. The quantitative estimate of drug-likeness (QED) is 0.462. The van der Waals surface area contributed by atoms with Crippen molar-refractivity contribution in [3.05, 3.63) is 29.3 Å². The summed E-state index contributed by atoms with van der Waals surface area (Å²) in [6.07, 6.45) is 7.25. The molecule has 2 aliphatic carbocycles. The Kier molecular flexibility index (Phi) is 4.67. The SMILES string of the molecule is CCOCCC1(CN=C(N)Nc2ccc3c(c2)CCC3)CC1. The highest BCUT2D eigenvalue weighted by Gasteiger charge is 2.41. The van der Waals surface area contributed by atoms with Crippen molar-refractivity contribution in [1.82, 2.24) is 0 Å². The summed E-state index contributed by atoms with van der Waals surface area (Å²) in [4.78, 5) is 4.55. The highest BCUT2D eigenvalue weighted by Crippen LogP contribution is 2.49. The van der Waals surface area contributed by atoms with Crippen molar-refractivity contribution in [3.8, 4) is 0 Å². The van der Waals surface area contributed by atoms with Crippen LogP contribution in [0.3, 0.4) is 0 Å². The molecule has 0 heterocycles. The number of hydrogen-bond acceptors (Lipinski definition) is 2. The minimum absolute atomic E-state index is 0.347. The lowest BCUT2D eigenvalue weighted by atomic mass is 10.0. The first-order chi connectivity index (χ1) is 10.7. The smallest absolute Gasteiger partial charge is 0.193 e. The molecule has 1 aromatic carbocycles. The summed E-state index contributed by atoms with van der Waals surface area (Å²) < 4.78 is 5.46. The van der Waals surface area contributed by atoms with E-state index in [-0.39, 0.29) is 0 Å². The molecule has 4 nitrogen and oxygen atoms in total. The van der Waals surface area contributed by atoms with Gasteiger partial charge >= 0.3 is 0 Å². The molecule has 22 heavy (non-hydrogen) atoms. The van der Waals surface area contributed by atoms with Gasteiger partial charge in [-0.2, -0.15) is 0 Å². The highest BCUT2D eigenvalue weighted by molar-refractivity contribution is 5.92. The molecule has 0 amide bonds. The van der Waals surface area contributed by atoms with E-state index in [4.69, 9.17) is 10.5 Å². The van der Waals surface area contributed by atoms with Gasteiger partial charge in [0.1, 0.15) is 0 Å². The first kappa shape index (κ1) is 15.3. The molecule has 0 unspecified atom stereocenters. The van der Waals surface area contributed by atoms with Crippen molar-refractivity contribution < 1.29 is 4.74 Å². The average molecular weight is 301 g/mol. The fourth-order valence-electron chi connectivity index (χ4n) is 3.19. The molecule has 3 rings (SSSR count). The van der Waals surface area contributed by atoms with Gasteiger partial charge in [-0.05, 0) is 74.1 Å². The van der Waals surface area contributed by atoms with Gasteiger partial charge in [-0.3, -0.25) is 4.99 Å². The number of nitrogens with zero attached hydrogens (tertiary/aromatic N) is 1. The number of rotatable bonds is 7. The van der Waals surface area contributed by atoms with Crippen LogP contribution in [0.1, 0.15) is 43.7 Å². The Morgan fingerprint density at radius 2 is 2.14 bits per heavy atom. The van der Waals surface area contributed by atoms with Crippen molar-refractivity contribution in [2.45, 2.75) is 45.4 Å². The molecule has 0 spiro atoms. The first-order valence-corrected chi connectivity index (χ1v) is 8.47. The number of hydrogen-bond donors (Lipinski definition) is 2. The number of aryl methyl sites for hydroxylation is 2. The van der Waals surface area contributed by atoms with E-state index < -0.39 is 0 Å². The van der Waals surface area contributed by atoms with E-state index in [0.717, 1.165) is 31.9 Å². The second kappa shape index (κ2) is 6.69. The second-order valence-electron chi connectivity index (χ2n) is 6.61. The van der Waals surface area contributed by atoms with Crippen molar-refractivity contribution in [3.63, 3.8) is 0 Å². The van der Waals surface area contributed by atoms with Crippen molar-refractivity contribution in [1.29, 1.82) is 0 Å². The Bertz CT molecular complexity index is 549. The van der Waals surface area contributed by atoms with E-state index >= 15 is 0 Å². The molecule has 0 atom stereocenters. The molecule has 1 aromatic rings. The number of benzene rings is 1. The fourth-order valence-corrected chi connectivity index (χ4v) is 3.19. The molecule has 1 fully saturated rings. The van der Waals surface area contributed by atoms with Gasteiger partial charge in [-0.15, -0.1) is 0 Å². The van der Waals surface area contributed by atoms with Crippen LogP contribution < -0.4 is 11.1 Å². The number of fused-ring (bicyclic) bond motifs is 1. The van der Waals surface area contributed by atoms with Crippen LogP contribution in [0.4, 0.5) is 5.69 Å². The Morgan fingerprint density at radius 1 is 1.32 bits per heavy atom. The maximum atomic E-state index is 6.05. The number of aliphatic imine (C=N–C) groups is 1. The predicted octanol–water partition coefficient (Wildman–Crippen LogP) is 3.11. The normalized spacial score (nSPS) is 19.0. The molecule has 0 bridgehead atoms. The van der Waals surface area contributed by atoms with Crippen LogP contribution in [0.5, 0.6) is 0 Å². The zero-order valence-electron chi connectivity index (χ0n) is 13.5. The van der Waals surface area contributed by atoms with Gasteiger partial charge < -0.3 is 15.8 Å². The summed E-state index contributed by atoms with van der Waals surface area (Å²) >= 11 is 0. The van der Waals surface area contributed by atoms with Crippen LogP contribution in [0.15, 0.2) is 23.2 Å². The summed E-state index contributed by atoms with van der Waals surface area (Å²) in [5.41, 5.74) is 10.4. The molecule has 0 saturated heterocycles. The number of anilines is 1. The largest absolute Gasteiger partial charge is 0.382 e. The van der Waals surface area contributed by atoms with Gasteiger partial charge in [0, 0.05) is 25.4 Å². The summed E-state index contributed by atoms with van der Waals surface area (Å²) in [5.74, 6) is 0.528. The standard InChI is InChI=1S/C18H27N3O/c1-2-22-11-10-18(8-9-18)13-20-17(19)21-16-7-6-14-4-3-5-15(14)12-16/h6-7,12H,2-5,8-11,13H2,1H3,(H3,19,20,21). The third-order valence-electron chi connectivity index (χ3n) is 4.89. The van der Waals surface area contributed by atoms with E-state index in [1.54, 1.807) is 0 Å². The Balaban J connectivity index is 1.52. The van der Waals surface area contributed by atoms with E-state index in [1.807, 2.05) is 6.92 Å². The molecule has 4 heteroatoms. The number of nitrogens with one attached hydrogen (secondary N) is 1. The summed E-state index contributed by atoms with van der Waals surface area (Å²) in [7, 11) is 0. The van der Waals surface area contributed by atoms with Gasteiger partial charge in [0.2, 0.25) is 0 Å².